The molecular formula is C25H22N6O3. The molecule has 1 saturated heterocycles. The number of aryl methyl sites for hydroxylation is 1. The summed E-state index contributed by atoms with van der Waals surface area (Å²) in [5.74, 6) is 0.240. The lowest BCUT2D eigenvalue weighted by Crippen LogP contribution is -2.28. The van der Waals surface area contributed by atoms with E-state index in [-0.39, 0.29) is 18.2 Å². The Morgan fingerprint density at radius 2 is 2.00 bits per heavy atom. The molecule has 0 radical (unpaired) electrons. The highest BCUT2D eigenvalue weighted by Gasteiger charge is 2.34. The van der Waals surface area contributed by atoms with Gasteiger partial charge in [0.15, 0.2) is 0 Å². The fourth-order valence-electron chi connectivity index (χ4n) is 3.89. The van der Waals surface area contributed by atoms with E-state index in [9.17, 15) is 9.59 Å². The second-order valence-corrected chi connectivity index (χ2v) is 8.23. The van der Waals surface area contributed by atoms with Crippen LogP contribution in [0.25, 0.3) is 22.8 Å². The average Bonchev–Trinajstić information content (AvgIpc) is 3.48. The Balaban J connectivity index is 1.21. The number of hydrogen-bond acceptors (Lipinski definition) is 7. The van der Waals surface area contributed by atoms with E-state index in [1.165, 1.54) is 0 Å². The summed E-state index contributed by atoms with van der Waals surface area (Å²) in [5, 5.41) is 6.96. The number of nitrogens with zero attached hydrogens (tertiary/aromatic N) is 5. The van der Waals surface area contributed by atoms with Gasteiger partial charge in [0.2, 0.25) is 17.6 Å². The summed E-state index contributed by atoms with van der Waals surface area (Å²) in [4.78, 5) is 39.4. The maximum absolute atomic E-state index is 12.7. The molecule has 0 saturated carbocycles. The van der Waals surface area contributed by atoms with E-state index in [1.807, 2.05) is 43.3 Å². The molecular weight excluding hydrogens is 432 g/mol. The second-order valence-electron chi connectivity index (χ2n) is 8.23. The minimum Gasteiger partial charge on any atom is -0.336 e. The first-order valence-electron chi connectivity index (χ1n) is 10.9. The molecule has 4 aromatic rings. The van der Waals surface area contributed by atoms with Crippen molar-refractivity contribution in [2.45, 2.75) is 19.9 Å². The summed E-state index contributed by atoms with van der Waals surface area (Å²) < 4.78 is 5.42. The van der Waals surface area contributed by atoms with Gasteiger partial charge in [-0.1, -0.05) is 28.9 Å². The van der Waals surface area contributed by atoms with Crippen molar-refractivity contribution < 1.29 is 14.1 Å². The summed E-state index contributed by atoms with van der Waals surface area (Å²) in [6.07, 6.45) is 4.96. The third-order valence-electron chi connectivity index (χ3n) is 5.66. The Kier molecular flexibility index (Phi) is 5.82. The van der Waals surface area contributed by atoms with Gasteiger partial charge in [-0.25, -0.2) is 0 Å². The molecule has 34 heavy (non-hydrogen) atoms. The second kappa shape index (κ2) is 9.22. The largest absolute Gasteiger partial charge is 0.336 e. The van der Waals surface area contributed by atoms with Gasteiger partial charge in [-0.15, -0.1) is 0 Å². The standard InChI is InChI=1S/C25H22N6O3/c1-16-3-2-4-18(11-16)23-29-25(34-30-23)17-5-7-20(8-6-17)28-24(33)19-12-22(32)31(14-19)15-21-13-26-9-10-27-21/h2-11,13,19H,12,14-15H2,1H3,(H,28,33). The SMILES string of the molecule is Cc1cccc(-c2noc(-c3ccc(NC(=O)C4CC(=O)N(Cc5cnccn5)C4)cc3)n2)c1. The van der Waals surface area contributed by atoms with Crippen LogP contribution in [0.15, 0.2) is 71.6 Å². The molecule has 1 aliphatic heterocycles. The molecule has 0 bridgehead atoms. The number of hydrogen-bond donors (Lipinski definition) is 1. The minimum absolute atomic E-state index is 0.0676. The highest BCUT2D eigenvalue weighted by molar-refractivity contribution is 5.97. The fraction of sp³-hybridized carbons (Fsp3) is 0.200. The molecule has 9 nitrogen and oxygen atoms in total. The first-order valence-corrected chi connectivity index (χ1v) is 10.9. The molecule has 0 spiro atoms. The third kappa shape index (κ3) is 4.68. The van der Waals surface area contributed by atoms with E-state index in [1.54, 1.807) is 35.6 Å². The van der Waals surface area contributed by atoms with E-state index < -0.39 is 5.92 Å². The van der Waals surface area contributed by atoms with Gasteiger partial charge in [0.25, 0.3) is 5.89 Å². The van der Waals surface area contributed by atoms with Crippen molar-refractivity contribution in [3.8, 4) is 22.8 Å². The van der Waals surface area contributed by atoms with Crippen molar-refractivity contribution in [2.75, 3.05) is 11.9 Å². The number of benzene rings is 2. The van der Waals surface area contributed by atoms with Crippen LogP contribution in [-0.4, -0.2) is 43.4 Å². The zero-order valence-corrected chi connectivity index (χ0v) is 18.5. The molecule has 0 aliphatic carbocycles. The third-order valence-corrected chi connectivity index (χ3v) is 5.66. The Morgan fingerprint density at radius 3 is 2.76 bits per heavy atom. The monoisotopic (exact) mass is 454 g/mol. The molecule has 3 heterocycles. The van der Waals surface area contributed by atoms with Gasteiger partial charge >= 0.3 is 0 Å². The van der Waals surface area contributed by atoms with E-state index in [0.29, 0.717) is 36.2 Å². The normalized spacial score (nSPS) is 15.5. The smallest absolute Gasteiger partial charge is 0.258 e. The maximum atomic E-state index is 12.7. The van der Waals surface area contributed by atoms with Crippen molar-refractivity contribution in [3.05, 3.63) is 78.4 Å². The van der Waals surface area contributed by atoms with Crippen molar-refractivity contribution in [2.24, 2.45) is 5.92 Å². The van der Waals surface area contributed by atoms with Crippen LogP contribution in [0.5, 0.6) is 0 Å². The molecule has 170 valence electrons. The Bertz CT molecular complexity index is 1320. The summed E-state index contributed by atoms with van der Waals surface area (Å²) in [6.45, 7) is 2.71. The molecule has 2 aromatic heterocycles. The van der Waals surface area contributed by atoms with Crippen LogP contribution in [0.2, 0.25) is 0 Å². The van der Waals surface area contributed by atoms with Gasteiger partial charge in [-0.3, -0.25) is 19.6 Å². The lowest BCUT2D eigenvalue weighted by atomic mass is 10.1. The summed E-state index contributed by atoms with van der Waals surface area (Å²) in [7, 11) is 0. The molecule has 2 aromatic carbocycles. The van der Waals surface area contributed by atoms with Gasteiger partial charge in [-0.2, -0.15) is 4.98 Å². The van der Waals surface area contributed by atoms with Gasteiger partial charge in [-0.05, 0) is 37.3 Å². The summed E-state index contributed by atoms with van der Waals surface area (Å²) in [6, 6.07) is 15.1. The highest BCUT2D eigenvalue weighted by Crippen LogP contribution is 2.25. The van der Waals surface area contributed by atoms with Gasteiger partial charge in [0.1, 0.15) is 0 Å². The van der Waals surface area contributed by atoms with Crippen LogP contribution < -0.4 is 5.32 Å². The Labute approximate surface area is 195 Å². The van der Waals surface area contributed by atoms with E-state index in [2.05, 4.69) is 25.4 Å². The predicted molar refractivity (Wildman–Crippen MR) is 124 cm³/mol. The van der Waals surface area contributed by atoms with Crippen LogP contribution in [0.1, 0.15) is 17.7 Å². The number of nitrogens with one attached hydrogen (secondary N) is 1. The van der Waals surface area contributed by atoms with E-state index in [4.69, 9.17) is 4.52 Å². The summed E-state index contributed by atoms with van der Waals surface area (Å²) >= 11 is 0. The average molecular weight is 454 g/mol. The number of likely N-dealkylation sites (tertiary alicyclic amines) is 1. The van der Waals surface area contributed by atoms with E-state index >= 15 is 0 Å². The van der Waals surface area contributed by atoms with Crippen LogP contribution in [-0.2, 0) is 16.1 Å². The first kappa shape index (κ1) is 21.4. The lowest BCUT2D eigenvalue weighted by Gasteiger charge is -2.15. The van der Waals surface area contributed by atoms with Gasteiger partial charge in [0, 0.05) is 42.2 Å². The summed E-state index contributed by atoms with van der Waals surface area (Å²) in [5.41, 5.74) is 4.07. The number of anilines is 1. The van der Waals surface area contributed by atoms with Gasteiger partial charge < -0.3 is 14.7 Å². The number of aromatic nitrogens is 4. The van der Waals surface area contributed by atoms with Crippen LogP contribution >= 0.6 is 0 Å². The molecule has 1 N–H and O–H groups in total. The molecule has 2 amide bonds. The number of carbonyl (C=O) groups excluding carboxylic acids is 2. The first-order chi connectivity index (χ1) is 16.5. The minimum atomic E-state index is -0.420. The zero-order chi connectivity index (χ0) is 23.5. The number of rotatable bonds is 6. The van der Waals surface area contributed by atoms with Crippen molar-refractivity contribution >= 4 is 17.5 Å². The van der Waals surface area contributed by atoms with Crippen LogP contribution in [0, 0.1) is 12.8 Å². The highest BCUT2D eigenvalue weighted by atomic mass is 16.5. The maximum Gasteiger partial charge on any atom is 0.258 e. The van der Waals surface area contributed by atoms with Crippen molar-refractivity contribution in [3.63, 3.8) is 0 Å². The predicted octanol–water partition coefficient (Wildman–Crippen LogP) is 3.49. The lowest BCUT2D eigenvalue weighted by molar-refractivity contribution is -0.128. The van der Waals surface area contributed by atoms with E-state index in [0.717, 1.165) is 16.7 Å². The number of amides is 2. The Hall–Kier alpha value is -4.40. The van der Waals surface area contributed by atoms with Crippen molar-refractivity contribution in [1.82, 2.24) is 25.0 Å². The molecule has 1 unspecified atom stereocenters. The quantitative estimate of drug-likeness (QED) is 0.474. The zero-order valence-electron chi connectivity index (χ0n) is 18.5. The molecule has 9 heteroatoms. The fourth-order valence-corrected chi connectivity index (χ4v) is 3.89. The number of carbonyl (C=O) groups is 2. The molecule has 1 aliphatic rings. The van der Waals surface area contributed by atoms with Gasteiger partial charge in [0.05, 0.1) is 24.4 Å². The topological polar surface area (TPSA) is 114 Å². The Morgan fingerprint density at radius 1 is 1.15 bits per heavy atom. The van der Waals surface area contributed by atoms with Crippen LogP contribution in [0.3, 0.4) is 0 Å². The molecule has 1 atom stereocenters. The van der Waals surface area contributed by atoms with Crippen LogP contribution in [0.4, 0.5) is 5.69 Å². The van der Waals surface area contributed by atoms with Crippen molar-refractivity contribution in [1.29, 1.82) is 0 Å². The molecule has 1 fully saturated rings. The molecule has 5 rings (SSSR count).